The predicted molar refractivity (Wildman–Crippen MR) is 127 cm³/mol. The molecule has 168 valence electrons. The average Bonchev–Trinajstić information content (AvgIpc) is 2.83. The molecular formula is C25H29N3O3S. The highest BCUT2D eigenvalue weighted by atomic mass is 32.2. The minimum absolute atomic E-state index is 0.0155. The molecule has 0 N–H and O–H groups in total. The van der Waals surface area contributed by atoms with Gasteiger partial charge in [-0.15, -0.1) is 0 Å². The summed E-state index contributed by atoms with van der Waals surface area (Å²) in [7, 11) is -1.74. The third-order valence-corrected chi connectivity index (χ3v) is 8.20. The van der Waals surface area contributed by atoms with E-state index in [9.17, 15) is 13.2 Å². The summed E-state index contributed by atoms with van der Waals surface area (Å²) in [6.07, 6.45) is 0. The summed E-state index contributed by atoms with van der Waals surface area (Å²) in [5.74, 6) is 0.0344. The Morgan fingerprint density at radius 1 is 0.906 bits per heavy atom. The monoisotopic (exact) mass is 451 g/mol. The van der Waals surface area contributed by atoms with E-state index in [-0.39, 0.29) is 18.5 Å². The van der Waals surface area contributed by atoms with Crippen LogP contribution < -0.4 is 0 Å². The first-order valence-corrected chi connectivity index (χ1v) is 12.3. The molecule has 6 nitrogen and oxygen atoms in total. The van der Waals surface area contributed by atoms with Crippen molar-refractivity contribution in [1.82, 2.24) is 14.1 Å². The quantitative estimate of drug-likeness (QED) is 0.577. The zero-order valence-electron chi connectivity index (χ0n) is 18.5. The van der Waals surface area contributed by atoms with Crippen molar-refractivity contribution in [3.05, 3.63) is 78.4 Å². The summed E-state index contributed by atoms with van der Waals surface area (Å²) >= 11 is 0. The van der Waals surface area contributed by atoms with Gasteiger partial charge in [-0.05, 0) is 35.4 Å². The summed E-state index contributed by atoms with van der Waals surface area (Å²) in [4.78, 5) is 16.9. The molecule has 1 aliphatic rings. The number of carbonyl (C=O) groups excluding carboxylic acids is 1. The summed E-state index contributed by atoms with van der Waals surface area (Å²) < 4.78 is 27.8. The topological polar surface area (TPSA) is 60.9 Å². The first kappa shape index (κ1) is 22.5. The second kappa shape index (κ2) is 9.40. The van der Waals surface area contributed by atoms with Crippen LogP contribution in [-0.4, -0.2) is 68.2 Å². The SMILES string of the molecule is C[C@H](c1ccccc1)N(C)C(=O)CN1CCN(S(=O)(=O)c2ccc3ccccc3c2)CC1. The Morgan fingerprint density at radius 3 is 2.22 bits per heavy atom. The van der Waals surface area contributed by atoms with E-state index in [1.807, 2.05) is 79.5 Å². The molecule has 0 saturated carbocycles. The van der Waals surface area contributed by atoms with Crippen LogP contribution in [0.1, 0.15) is 18.5 Å². The van der Waals surface area contributed by atoms with E-state index in [4.69, 9.17) is 0 Å². The normalized spacial score (nSPS) is 16.7. The number of amides is 1. The number of benzene rings is 3. The molecule has 0 aromatic heterocycles. The van der Waals surface area contributed by atoms with Gasteiger partial charge in [-0.1, -0.05) is 60.7 Å². The minimum atomic E-state index is -3.56. The Kier molecular flexibility index (Phi) is 6.60. The molecule has 0 unspecified atom stereocenters. The van der Waals surface area contributed by atoms with Crippen LogP contribution in [0.4, 0.5) is 0 Å². The number of hydrogen-bond acceptors (Lipinski definition) is 4. The number of fused-ring (bicyclic) bond motifs is 1. The molecule has 0 bridgehead atoms. The molecule has 0 aliphatic carbocycles. The second-order valence-corrected chi connectivity index (χ2v) is 10.2. The molecule has 1 heterocycles. The maximum Gasteiger partial charge on any atom is 0.243 e. The number of sulfonamides is 1. The highest BCUT2D eigenvalue weighted by molar-refractivity contribution is 7.89. The van der Waals surface area contributed by atoms with Crippen LogP contribution in [-0.2, 0) is 14.8 Å². The molecule has 1 atom stereocenters. The Balaban J connectivity index is 1.36. The van der Waals surface area contributed by atoms with Crippen LogP contribution in [0.25, 0.3) is 10.8 Å². The standard InChI is InChI=1S/C25H29N3O3S/c1-20(21-8-4-3-5-9-21)26(2)25(29)19-27-14-16-28(17-15-27)32(30,31)24-13-12-22-10-6-7-11-23(22)18-24/h3-13,18,20H,14-17,19H2,1-2H3/t20-/m1/s1. The van der Waals surface area contributed by atoms with Gasteiger partial charge in [0.1, 0.15) is 0 Å². The summed E-state index contributed by atoms with van der Waals surface area (Å²) in [6.45, 7) is 4.12. The van der Waals surface area contributed by atoms with Gasteiger partial charge in [-0.2, -0.15) is 4.31 Å². The lowest BCUT2D eigenvalue weighted by Crippen LogP contribution is -2.51. The van der Waals surface area contributed by atoms with Gasteiger partial charge < -0.3 is 4.90 Å². The lowest BCUT2D eigenvalue weighted by Gasteiger charge is -2.35. The van der Waals surface area contributed by atoms with Crippen LogP contribution in [0, 0.1) is 0 Å². The van der Waals surface area contributed by atoms with Crippen molar-refractivity contribution < 1.29 is 13.2 Å². The maximum atomic E-state index is 13.1. The molecule has 4 rings (SSSR count). The van der Waals surface area contributed by atoms with Crippen LogP contribution in [0.15, 0.2) is 77.7 Å². The Bertz CT molecular complexity index is 1190. The first-order chi connectivity index (χ1) is 15.4. The van der Waals surface area contributed by atoms with Gasteiger partial charge in [-0.25, -0.2) is 8.42 Å². The van der Waals surface area contributed by atoms with E-state index in [1.54, 1.807) is 17.0 Å². The smallest absolute Gasteiger partial charge is 0.243 e. The van der Waals surface area contributed by atoms with Gasteiger partial charge in [0, 0.05) is 33.2 Å². The number of hydrogen-bond donors (Lipinski definition) is 0. The van der Waals surface area contributed by atoms with Crippen molar-refractivity contribution in [1.29, 1.82) is 0 Å². The zero-order chi connectivity index (χ0) is 22.7. The van der Waals surface area contributed by atoms with E-state index in [1.165, 1.54) is 4.31 Å². The fourth-order valence-electron chi connectivity index (χ4n) is 4.08. The highest BCUT2D eigenvalue weighted by Crippen LogP contribution is 2.23. The van der Waals surface area contributed by atoms with E-state index >= 15 is 0 Å². The number of carbonyl (C=O) groups is 1. The zero-order valence-corrected chi connectivity index (χ0v) is 19.3. The van der Waals surface area contributed by atoms with Gasteiger partial charge in [-0.3, -0.25) is 9.69 Å². The summed E-state index contributed by atoms with van der Waals surface area (Å²) in [5.41, 5.74) is 1.09. The van der Waals surface area contributed by atoms with Crippen LogP contribution in [0.2, 0.25) is 0 Å². The highest BCUT2D eigenvalue weighted by Gasteiger charge is 2.30. The lowest BCUT2D eigenvalue weighted by molar-refractivity contribution is -0.133. The average molecular weight is 452 g/mol. The predicted octanol–water partition coefficient (Wildman–Crippen LogP) is 3.37. The number of piperazine rings is 1. The molecule has 1 amide bonds. The molecule has 1 saturated heterocycles. The number of nitrogens with zero attached hydrogens (tertiary/aromatic N) is 3. The van der Waals surface area contributed by atoms with Gasteiger partial charge in [0.15, 0.2) is 0 Å². The molecule has 3 aromatic carbocycles. The Morgan fingerprint density at radius 2 is 1.53 bits per heavy atom. The van der Waals surface area contributed by atoms with Gasteiger partial charge in [0.25, 0.3) is 0 Å². The van der Waals surface area contributed by atoms with Gasteiger partial charge in [0.2, 0.25) is 15.9 Å². The third kappa shape index (κ3) is 4.70. The molecule has 3 aromatic rings. The third-order valence-electron chi connectivity index (χ3n) is 6.31. The van der Waals surface area contributed by atoms with Crippen LogP contribution >= 0.6 is 0 Å². The van der Waals surface area contributed by atoms with Crippen LogP contribution in [0.5, 0.6) is 0 Å². The molecule has 32 heavy (non-hydrogen) atoms. The van der Waals surface area contributed by atoms with Crippen molar-refractivity contribution in [2.24, 2.45) is 0 Å². The molecule has 0 radical (unpaired) electrons. The molecule has 0 spiro atoms. The van der Waals surface area contributed by atoms with Crippen molar-refractivity contribution in [2.75, 3.05) is 39.8 Å². The minimum Gasteiger partial charge on any atom is -0.338 e. The van der Waals surface area contributed by atoms with Gasteiger partial charge >= 0.3 is 0 Å². The molecular weight excluding hydrogens is 422 g/mol. The van der Waals surface area contributed by atoms with Crippen molar-refractivity contribution in [2.45, 2.75) is 17.9 Å². The van der Waals surface area contributed by atoms with Crippen molar-refractivity contribution in [3.8, 4) is 0 Å². The van der Waals surface area contributed by atoms with Crippen molar-refractivity contribution >= 4 is 26.7 Å². The molecule has 1 aliphatic heterocycles. The molecule has 7 heteroatoms. The van der Waals surface area contributed by atoms with Gasteiger partial charge in [0.05, 0.1) is 17.5 Å². The van der Waals surface area contributed by atoms with Crippen molar-refractivity contribution in [3.63, 3.8) is 0 Å². The summed E-state index contributed by atoms with van der Waals surface area (Å²) in [6, 6.07) is 22.9. The Hall–Kier alpha value is -2.74. The second-order valence-electron chi connectivity index (χ2n) is 8.28. The van der Waals surface area contributed by atoms with E-state index in [0.717, 1.165) is 16.3 Å². The van der Waals surface area contributed by atoms with E-state index in [0.29, 0.717) is 31.1 Å². The fourth-order valence-corrected chi connectivity index (χ4v) is 5.54. The Labute approximate surface area is 190 Å². The largest absolute Gasteiger partial charge is 0.338 e. The number of rotatable bonds is 6. The maximum absolute atomic E-state index is 13.1. The van der Waals surface area contributed by atoms with E-state index < -0.39 is 10.0 Å². The molecule has 1 fully saturated rings. The lowest BCUT2D eigenvalue weighted by atomic mass is 10.1. The summed E-state index contributed by atoms with van der Waals surface area (Å²) in [5, 5.41) is 1.93. The van der Waals surface area contributed by atoms with Crippen LogP contribution in [0.3, 0.4) is 0 Å². The van der Waals surface area contributed by atoms with E-state index in [2.05, 4.69) is 0 Å². The fraction of sp³-hybridized carbons (Fsp3) is 0.320. The number of likely N-dealkylation sites (N-methyl/N-ethyl adjacent to an activating group) is 1. The first-order valence-electron chi connectivity index (χ1n) is 10.9.